The highest BCUT2D eigenvalue weighted by atomic mass is 16.4. The van der Waals surface area contributed by atoms with Gasteiger partial charge in [-0.1, -0.05) is 61.9 Å². The van der Waals surface area contributed by atoms with Gasteiger partial charge < -0.3 is 68.5 Å². The van der Waals surface area contributed by atoms with Crippen molar-refractivity contribution in [2.45, 2.75) is 76.3 Å². The van der Waals surface area contributed by atoms with Gasteiger partial charge in [0.2, 0.25) is 35.4 Å². The lowest BCUT2D eigenvalue weighted by molar-refractivity contribution is -0.140. The highest BCUT2D eigenvalue weighted by Gasteiger charge is 2.32. The minimum absolute atomic E-state index is 0.0859. The fourth-order valence-electron chi connectivity index (χ4n) is 6.05. The number of aliphatic hydroxyl groups is 1. The highest BCUT2D eigenvalue weighted by Crippen LogP contribution is 2.21. The van der Waals surface area contributed by atoms with E-state index in [4.69, 9.17) is 21.5 Å². The maximum atomic E-state index is 13.6. The lowest BCUT2D eigenvalue weighted by Crippen LogP contribution is -2.61. The molecule has 5 atom stereocenters. The van der Waals surface area contributed by atoms with Crippen LogP contribution in [0.15, 0.2) is 72.8 Å². The molecule has 64 heavy (non-hydrogen) atoms. The number of phenols is 1. The predicted molar refractivity (Wildman–Crippen MR) is 233 cm³/mol. The minimum atomic E-state index is -1.94. The summed E-state index contributed by atoms with van der Waals surface area (Å²) in [6.45, 7) is 1.95. The number of nitrogens with zero attached hydrogens (tertiary/aromatic N) is 1. The maximum Gasteiger partial charge on any atom is 0.472 e. The summed E-state index contributed by atoms with van der Waals surface area (Å²) in [6.07, 6.45) is -0.214. The van der Waals surface area contributed by atoms with Gasteiger partial charge in [-0.2, -0.15) is 0 Å². The van der Waals surface area contributed by atoms with E-state index in [0.29, 0.717) is 5.56 Å². The van der Waals surface area contributed by atoms with E-state index in [2.05, 4.69) is 51.0 Å². The van der Waals surface area contributed by atoms with E-state index in [-0.39, 0.29) is 17.7 Å². The van der Waals surface area contributed by atoms with E-state index < -0.39 is 111 Å². The molecule has 0 radical (unpaired) electrons. The van der Waals surface area contributed by atoms with E-state index >= 15 is 0 Å². The van der Waals surface area contributed by atoms with Crippen LogP contribution in [0.25, 0.3) is 11.1 Å². The molecule has 14 N–H and O–H groups in total. The number of nitrogens with one attached hydrogen (secondary N) is 6. The number of carbonyl (C=O) groups is 8. The smallest absolute Gasteiger partial charge is 0.472 e. The molecule has 3 aromatic carbocycles. The molecule has 0 heterocycles. The van der Waals surface area contributed by atoms with Gasteiger partial charge in [0, 0.05) is 19.0 Å². The number of aromatic hydroxyl groups is 1. The Morgan fingerprint density at radius 3 is 1.88 bits per heavy atom. The van der Waals surface area contributed by atoms with Crippen molar-refractivity contribution in [3.8, 4) is 16.9 Å². The first-order chi connectivity index (χ1) is 30.3. The van der Waals surface area contributed by atoms with Crippen LogP contribution in [0.3, 0.4) is 0 Å². The number of unbranched alkanes of at least 4 members (excludes halogenated alkanes) is 1. The number of rotatable bonds is 24. The van der Waals surface area contributed by atoms with Gasteiger partial charge in [-0.05, 0) is 66.3 Å². The van der Waals surface area contributed by atoms with Crippen molar-refractivity contribution in [1.82, 2.24) is 36.8 Å². The zero-order valence-electron chi connectivity index (χ0n) is 35.7. The third kappa shape index (κ3) is 16.4. The van der Waals surface area contributed by atoms with Crippen LogP contribution in [-0.2, 0) is 46.4 Å². The van der Waals surface area contributed by atoms with Gasteiger partial charge in [-0.25, -0.2) is 0 Å². The molecule has 21 nitrogen and oxygen atoms in total. The average molecular weight is 890 g/mol. The van der Waals surface area contributed by atoms with Gasteiger partial charge in [0.05, 0.1) is 26.0 Å². The van der Waals surface area contributed by atoms with Gasteiger partial charge in [0.15, 0.2) is 6.17 Å². The Bertz CT molecular complexity index is 2090. The molecule has 0 saturated carbocycles. The fraction of sp³-hybridized carbons (Fsp3) is 0.381. The van der Waals surface area contributed by atoms with E-state index in [9.17, 15) is 48.6 Å². The van der Waals surface area contributed by atoms with E-state index in [1.807, 2.05) is 12.1 Å². The van der Waals surface area contributed by atoms with Crippen molar-refractivity contribution in [1.29, 1.82) is 0 Å². The van der Waals surface area contributed by atoms with Crippen LogP contribution in [0, 0.1) is 0 Å². The van der Waals surface area contributed by atoms with Crippen LogP contribution >= 0.6 is 0 Å². The zero-order valence-corrected chi connectivity index (χ0v) is 35.7. The van der Waals surface area contributed by atoms with Crippen molar-refractivity contribution in [2.75, 3.05) is 26.6 Å². The summed E-state index contributed by atoms with van der Waals surface area (Å²) in [7, 11) is -0.712. The molecule has 8 amide bonds. The molecule has 0 saturated heterocycles. The molecule has 0 fully saturated rings. The molecule has 0 aromatic heterocycles. The number of primary amides is 1. The van der Waals surface area contributed by atoms with Crippen LogP contribution < -0.4 is 43.4 Å². The molecule has 344 valence electrons. The van der Waals surface area contributed by atoms with Crippen molar-refractivity contribution in [3.05, 3.63) is 89.5 Å². The largest absolute Gasteiger partial charge is 0.508 e. The van der Waals surface area contributed by atoms with Gasteiger partial charge in [0.1, 0.15) is 29.9 Å². The first-order valence-electron chi connectivity index (χ1n) is 20.3. The van der Waals surface area contributed by atoms with Gasteiger partial charge in [-0.15, -0.1) is 0 Å². The number of carbonyl (C=O) groups excluding carboxylic acids is 8. The number of benzene rings is 3. The molecule has 3 aromatic rings. The van der Waals surface area contributed by atoms with Gasteiger partial charge in [-0.3, -0.25) is 38.4 Å². The number of nitrogens with two attached hydrogens (primary N) is 2. The lowest BCUT2D eigenvalue weighted by atomic mass is 9.92. The summed E-state index contributed by atoms with van der Waals surface area (Å²) in [5.41, 5.74) is 14.8. The number of aryl methyl sites for hydroxylation is 1. The van der Waals surface area contributed by atoms with Crippen LogP contribution in [0.1, 0.15) is 54.6 Å². The summed E-state index contributed by atoms with van der Waals surface area (Å²) in [5.74, 6) is -7.43. The number of hydrogen-bond donors (Lipinski definition) is 12. The van der Waals surface area contributed by atoms with Crippen LogP contribution in [-0.4, -0.2) is 137 Å². The Kier molecular flexibility index (Phi) is 20.3. The Labute approximate surface area is 369 Å². The Balaban J connectivity index is 1.60. The molecule has 0 unspecified atom stereocenters. The van der Waals surface area contributed by atoms with Crippen molar-refractivity contribution >= 4 is 54.4 Å². The summed E-state index contributed by atoms with van der Waals surface area (Å²) in [6, 6.07) is 14.7. The van der Waals surface area contributed by atoms with E-state index in [0.717, 1.165) is 35.3 Å². The minimum Gasteiger partial charge on any atom is -0.508 e. The van der Waals surface area contributed by atoms with Crippen LogP contribution in [0.2, 0.25) is 0 Å². The SMILES string of the molecule is CCCCc1ccc(-c2ccc(C(=O)N[C@H](CO)C(=O)N[C@H](C)C(=O)NCC(=O)N(C)[C@@H](Cc3ccc(O)cc3)C(=O)N[C@@H](N)C(=O)N[C@@H](CC(N)=O)C(=O)NCB(O)O)cc2)cc1. The molecule has 0 aliphatic heterocycles. The third-order valence-electron chi connectivity index (χ3n) is 9.83. The number of phenolic OH excluding ortho intramolecular Hbond substituents is 1. The van der Waals surface area contributed by atoms with Gasteiger partial charge in [0.25, 0.3) is 11.8 Å². The zero-order chi connectivity index (χ0) is 47.5. The second-order valence-corrected chi connectivity index (χ2v) is 14.9. The van der Waals surface area contributed by atoms with Crippen LogP contribution in [0.5, 0.6) is 5.75 Å². The maximum absolute atomic E-state index is 13.6. The second kappa shape index (κ2) is 25.3. The predicted octanol–water partition coefficient (Wildman–Crippen LogP) is -2.93. The topological polar surface area (TPSA) is 345 Å². The Morgan fingerprint density at radius 2 is 1.31 bits per heavy atom. The van der Waals surface area contributed by atoms with Crippen molar-refractivity contribution < 1.29 is 58.6 Å². The highest BCUT2D eigenvalue weighted by molar-refractivity contribution is 6.41. The third-order valence-corrected chi connectivity index (χ3v) is 9.83. The molecule has 22 heteroatoms. The van der Waals surface area contributed by atoms with Crippen molar-refractivity contribution in [2.24, 2.45) is 11.5 Å². The molecule has 0 bridgehead atoms. The molecule has 0 spiro atoms. The summed E-state index contributed by atoms with van der Waals surface area (Å²) in [5, 5.41) is 51.4. The van der Waals surface area contributed by atoms with Crippen LogP contribution in [0.4, 0.5) is 0 Å². The van der Waals surface area contributed by atoms with E-state index in [1.54, 1.807) is 24.3 Å². The first kappa shape index (κ1) is 51.5. The number of amides is 8. The number of aliphatic hydroxyl groups excluding tert-OH is 1. The number of likely N-dealkylation sites (N-methyl/N-ethyl adjacent to an activating group) is 1. The average Bonchev–Trinajstić information content (AvgIpc) is 3.27. The fourth-order valence-corrected chi connectivity index (χ4v) is 6.05. The molecular formula is C42H56BN9O12. The standard InChI is InChI=1S/C42H56BN9O12/c1-4-5-6-25-7-11-27(12-8-25)28-13-15-29(16-14-28)38(58)50-32(22-53)40(60)48-24(2)37(57)46-21-35(56)52(3)33(19-26-9-17-30(54)18-10-26)41(61)51-36(45)42(62)49-31(20-34(44)55)39(59)47-23-43(63)64/h7-18,24,31-33,36,53-54,63-64H,4-6,19-23,45H2,1-3H3,(H2,44,55)(H,46,57)(H,47,59)(H,48,60)(H,49,62)(H,50,58)(H,51,61)/t24-,31+,32-,33+,36-/m1/s1. The van der Waals surface area contributed by atoms with E-state index in [1.165, 1.54) is 43.8 Å². The normalized spacial score (nSPS) is 13.1. The molecule has 0 aliphatic carbocycles. The van der Waals surface area contributed by atoms with Crippen molar-refractivity contribution in [3.63, 3.8) is 0 Å². The summed E-state index contributed by atoms with van der Waals surface area (Å²) < 4.78 is 0. The number of hydrogen-bond acceptors (Lipinski definition) is 13. The quantitative estimate of drug-likeness (QED) is 0.0317. The monoisotopic (exact) mass is 889 g/mol. The second-order valence-electron chi connectivity index (χ2n) is 14.9. The van der Waals surface area contributed by atoms with Gasteiger partial charge >= 0.3 is 7.12 Å². The Hall–Kier alpha value is -6.88. The summed E-state index contributed by atoms with van der Waals surface area (Å²) >= 11 is 0. The summed E-state index contributed by atoms with van der Waals surface area (Å²) in [4.78, 5) is 104. The first-order valence-corrected chi connectivity index (χ1v) is 20.3. The Morgan fingerprint density at radius 1 is 0.719 bits per heavy atom. The lowest BCUT2D eigenvalue weighted by Gasteiger charge is -2.29. The molecular weight excluding hydrogens is 833 g/mol. The molecule has 3 rings (SSSR count). The molecule has 0 aliphatic rings.